The molecule has 6 nitrogen and oxygen atoms in total. The number of carbonyl (C=O) groups excluding carboxylic acids is 1. The molecule has 0 bridgehead atoms. The van der Waals surface area contributed by atoms with Crippen molar-refractivity contribution < 1.29 is 19.7 Å². The SMILES string of the molecule is C=C1/C(=C\C=C2/CCCC3(C)C(C/C=C/C(OC(=O)c4ccncc4)C4(c5ncc(CCCC)s5)CC4)CCC23)CC(O)CC1O. The molecule has 6 atom stereocenters. The number of fused-ring (bicyclic) bond motifs is 1. The number of nitrogens with zero attached hydrogens (tertiary/aromatic N) is 2. The molecule has 4 aliphatic carbocycles. The Morgan fingerprint density at radius 3 is 2.76 bits per heavy atom. The summed E-state index contributed by atoms with van der Waals surface area (Å²) in [4.78, 5) is 23.5. The third-order valence-electron chi connectivity index (χ3n) is 11.4. The average molecular weight is 643 g/mol. The van der Waals surface area contributed by atoms with Gasteiger partial charge in [-0.05, 0) is 117 Å². The molecular weight excluding hydrogens is 593 g/mol. The average Bonchev–Trinajstić information content (AvgIpc) is 3.59. The smallest absolute Gasteiger partial charge is 0.338 e. The van der Waals surface area contributed by atoms with Gasteiger partial charge in [-0.1, -0.05) is 50.6 Å². The van der Waals surface area contributed by atoms with E-state index in [1.807, 2.05) is 6.20 Å². The summed E-state index contributed by atoms with van der Waals surface area (Å²) in [6, 6.07) is 3.43. The van der Waals surface area contributed by atoms with Crippen molar-refractivity contribution in [1.82, 2.24) is 9.97 Å². The van der Waals surface area contributed by atoms with Crippen LogP contribution in [0.25, 0.3) is 0 Å². The number of thiazole rings is 1. The quantitative estimate of drug-likeness (QED) is 0.190. The highest BCUT2D eigenvalue weighted by Gasteiger charge is 2.54. The predicted octanol–water partition coefficient (Wildman–Crippen LogP) is 8.23. The molecule has 6 rings (SSSR count). The summed E-state index contributed by atoms with van der Waals surface area (Å²) in [6.07, 6.45) is 25.7. The van der Waals surface area contributed by atoms with Crippen molar-refractivity contribution in [1.29, 1.82) is 0 Å². The molecular formula is C39H50N2O4S. The fraction of sp³-hybridized carbons (Fsp3) is 0.564. The van der Waals surface area contributed by atoms with Crippen molar-refractivity contribution in [3.63, 3.8) is 0 Å². The van der Waals surface area contributed by atoms with E-state index in [-0.39, 0.29) is 22.9 Å². The van der Waals surface area contributed by atoms with Gasteiger partial charge in [-0.15, -0.1) is 11.3 Å². The van der Waals surface area contributed by atoms with Gasteiger partial charge in [-0.3, -0.25) is 4.98 Å². The minimum Gasteiger partial charge on any atom is -0.453 e. The number of hydrogen-bond acceptors (Lipinski definition) is 7. The van der Waals surface area contributed by atoms with E-state index in [4.69, 9.17) is 9.72 Å². The third-order valence-corrected chi connectivity index (χ3v) is 12.7. The second kappa shape index (κ2) is 14.1. The summed E-state index contributed by atoms with van der Waals surface area (Å²) in [7, 11) is 0. The van der Waals surface area contributed by atoms with Crippen molar-refractivity contribution in [3.05, 3.63) is 93.8 Å². The maximum atomic E-state index is 13.3. The van der Waals surface area contributed by atoms with Crippen LogP contribution in [0.1, 0.15) is 111 Å². The molecule has 2 N–H and O–H groups in total. The van der Waals surface area contributed by atoms with Crippen LogP contribution in [0.4, 0.5) is 0 Å². The van der Waals surface area contributed by atoms with Crippen molar-refractivity contribution in [3.8, 4) is 0 Å². The van der Waals surface area contributed by atoms with Crippen LogP contribution in [0, 0.1) is 17.3 Å². The molecule has 2 aromatic rings. The Morgan fingerprint density at radius 2 is 2.00 bits per heavy atom. The van der Waals surface area contributed by atoms with Gasteiger partial charge in [0.15, 0.2) is 0 Å². The number of allylic oxidation sites excluding steroid dienone is 4. The van der Waals surface area contributed by atoms with Crippen LogP contribution >= 0.6 is 11.3 Å². The monoisotopic (exact) mass is 642 g/mol. The van der Waals surface area contributed by atoms with Gasteiger partial charge in [0.1, 0.15) is 11.1 Å². The topological polar surface area (TPSA) is 92.5 Å². The van der Waals surface area contributed by atoms with Crippen LogP contribution in [0.5, 0.6) is 0 Å². The van der Waals surface area contributed by atoms with Crippen molar-refractivity contribution in [2.45, 2.75) is 121 Å². The fourth-order valence-corrected chi connectivity index (χ4v) is 9.56. The molecule has 2 heterocycles. The lowest BCUT2D eigenvalue weighted by molar-refractivity contribution is 0.0318. The molecule has 0 spiro atoms. The Labute approximate surface area is 278 Å². The molecule has 6 unspecified atom stereocenters. The van der Waals surface area contributed by atoms with Gasteiger partial charge in [0, 0.05) is 29.9 Å². The number of hydrogen-bond donors (Lipinski definition) is 2. The first-order valence-electron chi connectivity index (χ1n) is 17.4. The number of aliphatic hydroxyl groups is 2. The van der Waals surface area contributed by atoms with E-state index in [0.717, 1.165) is 61.1 Å². The summed E-state index contributed by atoms with van der Waals surface area (Å²) < 4.78 is 6.29. The second-order valence-electron chi connectivity index (χ2n) is 14.4. The maximum Gasteiger partial charge on any atom is 0.338 e. The van der Waals surface area contributed by atoms with Crippen LogP contribution < -0.4 is 0 Å². The number of rotatable bonds is 11. The number of pyridine rings is 1. The van der Waals surface area contributed by atoms with Gasteiger partial charge in [0.25, 0.3) is 0 Å². The molecule has 0 radical (unpaired) electrons. The molecule has 0 aromatic carbocycles. The zero-order chi connectivity index (χ0) is 32.3. The minimum absolute atomic E-state index is 0.222. The lowest BCUT2D eigenvalue weighted by Gasteiger charge is -2.42. The summed E-state index contributed by atoms with van der Waals surface area (Å²) in [5, 5.41) is 21.6. The summed E-state index contributed by atoms with van der Waals surface area (Å²) in [6.45, 7) is 8.79. The lowest BCUT2D eigenvalue weighted by Crippen LogP contribution is -2.33. The molecule has 46 heavy (non-hydrogen) atoms. The van der Waals surface area contributed by atoms with Crippen LogP contribution in [-0.2, 0) is 16.6 Å². The highest BCUT2D eigenvalue weighted by Crippen LogP contribution is 2.59. The fourth-order valence-electron chi connectivity index (χ4n) is 8.33. The molecule has 2 aromatic heterocycles. The van der Waals surface area contributed by atoms with Crippen LogP contribution in [0.15, 0.2) is 78.3 Å². The van der Waals surface area contributed by atoms with E-state index in [1.165, 1.54) is 36.1 Å². The van der Waals surface area contributed by atoms with Gasteiger partial charge in [-0.25, -0.2) is 9.78 Å². The number of aromatic nitrogens is 2. The first-order valence-corrected chi connectivity index (χ1v) is 18.2. The summed E-state index contributed by atoms with van der Waals surface area (Å²) in [5.74, 6) is 0.789. The number of unbranched alkanes of at least 4 members (excludes halogenated alkanes) is 1. The molecule has 0 amide bonds. The van der Waals surface area contributed by atoms with Crippen molar-refractivity contribution >= 4 is 17.3 Å². The van der Waals surface area contributed by atoms with Gasteiger partial charge in [0.05, 0.1) is 23.2 Å². The van der Waals surface area contributed by atoms with E-state index in [1.54, 1.807) is 35.9 Å². The number of aliphatic hydroxyl groups excluding tert-OH is 2. The zero-order valence-corrected chi connectivity index (χ0v) is 28.3. The molecule has 4 fully saturated rings. The highest BCUT2D eigenvalue weighted by atomic mass is 32.1. The standard InChI is InChI=1S/C39H50N2O4S/c1-4-5-10-32-25-41-37(46-32)39(19-20-39)35(45-36(44)28-16-21-40-22-17-28)11-6-9-30-14-15-33-27(8-7-18-38(30,33)3)12-13-29-23-31(42)24-34(43)26(29)2/h6,11-13,16-17,21-22,25,30-31,33-35,42-43H,2,4-5,7-10,14-15,18-20,23-24H2,1,3H3/b11-6+,27-12+,29-13-. The van der Waals surface area contributed by atoms with Crippen molar-refractivity contribution in [2.75, 3.05) is 0 Å². The van der Waals surface area contributed by atoms with Gasteiger partial charge in [0.2, 0.25) is 0 Å². The van der Waals surface area contributed by atoms with Crippen LogP contribution in [0.2, 0.25) is 0 Å². The Bertz CT molecular complexity index is 1490. The maximum absolute atomic E-state index is 13.3. The van der Waals surface area contributed by atoms with E-state index in [2.05, 4.69) is 49.7 Å². The van der Waals surface area contributed by atoms with E-state index in [9.17, 15) is 15.0 Å². The number of carbonyl (C=O) groups is 1. The van der Waals surface area contributed by atoms with Crippen molar-refractivity contribution in [2.24, 2.45) is 17.3 Å². The summed E-state index contributed by atoms with van der Waals surface area (Å²) >= 11 is 1.79. The second-order valence-corrected chi connectivity index (χ2v) is 15.5. The molecule has 0 saturated heterocycles. The Kier molecular flexibility index (Phi) is 10.1. The van der Waals surface area contributed by atoms with E-state index >= 15 is 0 Å². The number of aryl methyl sites for hydroxylation is 1. The van der Waals surface area contributed by atoms with Crippen LogP contribution in [-0.4, -0.2) is 44.5 Å². The minimum atomic E-state index is -0.658. The number of esters is 1. The molecule has 0 aliphatic heterocycles. The highest BCUT2D eigenvalue weighted by molar-refractivity contribution is 7.11. The third kappa shape index (κ3) is 6.88. The van der Waals surface area contributed by atoms with Crippen LogP contribution in [0.3, 0.4) is 0 Å². The largest absolute Gasteiger partial charge is 0.453 e. The van der Waals surface area contributed by atoms with Gasteiger partial charge >= 0.3 is 5.97 Å². The zero-order valence-electron chi connectivity index (χ0n) is 27.5. The Hall–Kier alpha value is -2.87. The van der Waals surface area contributed by atoms with Gasteiger partial charge < -0.3 is 14.9 Å². The number of ether oxygens (including phenoxy) is 1. The first-order chi connectivity index (χ1) is 22.2. The lowest BCUT2D eigenvalue weighted by atomic mass is 9.63. The van der Waals surface area contributed by atoms with E-state index < -0.39 is 12.2 Å². The molecule has 4 aliphatic rings. The first kappa shape index (κ1) is 33.0. The molecule has 7 heteroatoms. The van der Waals surface area contributed by atoms with E-state index in [0.29, 0.717) is 30.2 Å². The van der Waals surface area contributed by atoms with Gasteiger partial charge in [-0.2, -0.15) is 0 Å². The Balaban J connectivity index is 1.18. The normalized spacial score (nSPS) is 31.3. The Morgan fingerprint density at radius 1 is 1.20 bits per heavy atom. The summed E-state index contributed by atoms with van der Waals surface area (Å²) in [5.41, 5.74) is 3.73. The predicted molar refractivity (Wildman–Crippen MR) is 184 cm³/mol. The molecule has 4 saturated carbocycles. The molecule has 246 valence electrons.